The van der Waals surface area contributed by atoms with Crippen LogP contribution in [0.4, 0.5) is 5.69 Å². The van der Waals surface area contributed by atoms with Crippen LogP contribution in [0.5, 0.6) is 11.5 Å². The molecule has 0 bridgehead atoms. The minimum Gasteiger partial charge on any atom is -0.454 e. The molecule has 1 aliphatic rings. The van der Waals surface area contributed by atoms with Crippen molar-refractivity contribution < 1.29 is 23.9 Å². The van der Waals surface area contributed by atoms with Crippen molar-refractivity contribution in [2.75, 3.05) is 12.1 Å². The van der Waals surface area contributed by atoms with E-state index in [9.17, 15) is 14.4 Å². The van der Waals surface area contributed by atoms with Gasteiger partial charge in [0.05, 0.1) is 10.6 Å². The van der Waals surface area contributed by atoms with Gasteiger partial charge in [0.25, 0.3) is 17.7 Å². The number of carbonyl (C=O) groups is 3. The summed E-state index contributed by atoms with van der Waals surface area (Å²) in [6.45, 7) is 0.109. The number of halogens is 2. The SMILES string of the molecule is O=C(NNC(=O)c1ccc(Cl)cc1Cl)c1cccc(NC(=O)c2ccc3c(c2)OCO3)c1. The standard InChI is InChI=1S/C22H15Cl2N3O5/c23-14-5-6-16(17(24)10-14)22(30)27-26-21(29)12-2-1-3-15(8-12)25-20(28)13-4-7-18-19(9-13)32-11-31-18/h1-10H,11H2,(H,25,28)(H,26,29)(H,27,30). The van der Waals surface area contributed by atoms with E-state index in [-0.39, 0.29) is 28.8 Å². The Hall–Kier alpha value is -3.75. The Morgan fingerprint density at radius 3 is 2.31 bits per heavy atom. The summed E-state index contributed by atoms with van der Waals surface area (Å²) in [7, 11) is 0. The molecule has 10 heteroatoms. The van der Waals surface area contributed by atoms with Crippen LogP contribution in [0.3, 0.4) is 0 Å². The van der Waals surface area contributed by atoms with Crippen LogP contribution in [0, 0.1) is 0 Å². The summed E-state index contributed by atoms with van der Waals surface area (Å²) in [6, 6.07) is 15.4. The molecule has 0 radical (unpaired) electrons. The largest absolute Gasteiger partial charge is 0.454 e. The van der Waals surface area contributed by atoms with Crippen LogP contribution >= 0.6 is 23.2 Å². The molecule has 3 aromatic rings. The lowest BCUT2D eigenvalue weighted by molar-refractivity contribution is 0.0847. The lowest BCUT2D eigenvalue weighted by Crippen LogP contribution is -2.41. The average Bonchev–Trinajstić information content (AvgIpc) is 3.25. The molecule has 162 valence electrons. The second kappa shape index (κ2) is 9.17. The second-order valence-electron chi connectivity index (χ2n) is 6.64. The number of fused-ring (bicyclic) bond motifs is 1. The third-order valence-corrected chi connectivity index (χ3v) is 5.03. The Balaban J connectivity index is 1.39. The maximum atomic E-state index is 12.5. The molecule has 0 unspecified atom stereocenters. The summed E-state index contributed by atoms with van der Waals surface area (Å²) in [5.74, 6) is -0.508. The van der Waals surface area contributed by atoms with Gasteiger partial charge in [0.2, 0.25) is 6.79 Å². The fourth-order valence-electron chi connectivity index (χ4n) is 2.91. The molecule has 4 rings (SSSR count). The molecular formula is C22H15Cl2N3O5. The van der Waals surface area contributed by atoms with E-state index in [1.54, 1.807) is 30.3 Å². The van der Waals surface area contributed by atoms with Crippen LogP contribution < -0.4 is 25.6 Å². The third kappa shape index (κ3) is 4.77. The molecule has 1 aliphatic heterocycles. The molecule has 8 nitrogen and oxygen atoms in total. The molecule has 1 heterocycles. The van der Waals surface area contributed by atoms with Gasteiger partial charge in [-0.1, -0.05) is 29.3 Å². The van der Waals surface area contributed by atoms with E-state index in [2.05, 4.69) is 16.2 Å². The summed E-state index contributed by atoms with van der Waals surface area (Å²) >= 11 is 11.8. The molecule has 0 aliphatic carbocycles. The lowest BCUT2D eigenvalue weighted by Gasteiger charge is -2.10. The molecule has 3 N–H and O–H groups in total. The number of carbonyl (C=O) groups excluding carboxylic acids is 3. The number of hydrogen-bond acceptors (Lipinski definition) is 5. The van der Waals surface area contributed by atoms with Gasteiger partial charge in [-0.05, 0) is 54.6 Å². The minimum absolute atomic E-state index is 0.109. The highest BCUT2D eigenvalue weighted by atomic mass is 35.5. The Morgan fingerprint density at radius 2 is 1.50 bits per heavy atom. The van der Waals surface area contributed by atoms with Crippen molar-refractivity contribution in [2.24, 2.45) is 0 Å². The Morgan fingerprint density at radius 1 is 0.750 bits per heavy atom. The van der Waals surface area contributed by atoms with E-state index < -0.39 is 11.8 Å². The maximum absolute atomic E-state index is 12.5. The average molecular weight is 472 g/mol. The van der Waals surface area contributed by atoms with Gasteiger partial charge in [-0.2, -0.15) is 0 Å². The highest BCUT2D eigenvalue weighted by Gasteiger charge is 2.17. The minimum atomic E-state index is -0.604. The molecule has 0 aromatic heterocycles. The molecule has 3 amide bonds. The zero-order valence-corrected chi connectivity index (χ0v) is 17.8. The third-order valence-electron chi connectivity index (χ3n) is 4.48. The number of nitrogens with one attached hydrogen (secondary N) is 3. The van der Waals surface area contributed by atoms with Crippen LogP contribution in [0.25, 0.3) is 0 Å². The lowest BCUT2D eigenvalue weighted by atomic mass is 10.1. The molecule has 0 fully saturated rings. The molecule has 0 saturated carbocycles. The summed E-state index contributed by atoms with van der Waals surface area (Å²) in [4.78, 5) is 37.2. The zero-order valence-electron chi connectivity index (χ0n) is 16.3. The van der Waals surface area contributed by atoms with Gasteiger partial charge in [0.15, 0.2) is 11.5 Å². The predicted octanol–water partition coefficient (Wildman–Crippen LogP) is 4.05. The van der Waals surface area contributed by atoms with Crippen LogP contribution in [0.15, 0.2) is 60.7 Å². The van der Waals surface area contributed by atoms with Crippen molar-refractivity contribution in [3.8, 4) is 11.5 Å². The van der Waals surface area contributed by atoms with E-state index in [0.717, 1.165) is 0 Å². The van der Waals surface area contributed by atoms with Crippen molar-refractivity contribution in [2.45, 2.75) is 0 Å². The van der Waals surface area contributed by atoms with Crippen LogP contribution in [-0.2, 0) is 0 Å². The molecular weight excluding hydrogens is 457 g/mol. The predicted molar refractivity (Wildman–Crippen MR) is 118 cm³/mol. The van der Waals surface area contributed by atoms with Gasteiger partial charge in [-0.15, -0.1) is 0 Å². The summed E-state index contributed by atoms with van der Waals surface area (Å²) in [5, 5.41) is 3.25. The van der Waals surface area contributed by atoms with Crippen LogP contribution in [0.1, 0.15) is 31.1 Å². The normalized spacial score (nSPS) is 11.6. The Kier molecular flexibility index (Phi) is 6.16. The molecule has 0 atom stereocenters. The first-order chi connectivity index (χ1) is 15.4. The van der Waals surface area contributed by atoms with Gasteiger partial charge in [-0.25, -0.2) is 0 Å². The van der Waals surface area contributed by atoms with Crippen molar-refractivity contribution in [3.05, 3.63) is 87.4 Å². The highest BCUT2D eigenvalue weighted by molar-refractivity contribution is 6.36. The topological polar surface area (TPSA) is 106 Å². The van der Waals surface area contributed by atoms with Crippen molar-refractivity contribution in [1.82, 2.24) is 10.9 Å². The van der Waals surface area contributed by atoms with Gasteiger partial charge in [-0.3, -0.25) is 25.2 Å². The first-order valence-electron chi connectivity index (χ1n) is 9.27. The van der Waals surface area contributed by atoms with Crippen molar-refractivity contribution in [1.29, 1.82) is 0 Å². The number of rotatable bonds is 4. The molecule has 3 aromatic carbocycles. The number of ether oxygens (including phenoxy) is 2. The van der Waals surface area contributed by atoms with Gasteiger partial charge >= 0.3 is 0 Å². The van der Waals surface area contributed by atoms with Crippen molar-refractivity contribution in [3.63, 3.8) is 0 Å². The highest BCUT2D eigenvalue weighted by Crippen LogP contribution is 2.32. The maximum Gasteiger partial charge on any atom is 0.271 e. The number of hydrogen-bond donors (Lipinski definition) is 3. The van der Waals surface area contributed by atoms with E-state index in [1.165, 1.54) is 30.3 Å². The number of anilines is 1. The van der Waals surface area contributed by atoms with Gasteiger partial charge < -0.3 is 14.8 Å². The fraction of sp³-hybridized carbons (Fsp3) is 0.0455. The summed E-state index contributed by atoms with van der Waals surface area (Å²) in [6.07, 6.45) is 0. The fourth-order valence-corrected chi connectivity index (χ4v) is 3.40. The van der Waals surface area contributed by atoms with Crippen LogP contribution in [0.2, 0.25) is 10.0 Å². The van der Waals surface area contributed by atoms with Crippen LogP contribution in [-0.4, -0.2) is 24.5 Å². The number of hydrazine groups is 1. The van der Waals surface area contributed by atoms with Gasteiger partial charge in [0, 0.05) is 21.8 Å². The monoisotopic (exact) mass is 471 g/mol. The molecule has 0 spiro atoms. The smallest absolute Gasteiger partial charge is 0.271 e. The quantitative estimate of drug-likeness (QED) is 0.497. The van der Waals surface area contributed by atoms with Crippen molar-refractivity contribution >= 4 is 46.6 Å². The summed E-state index contributed by atoms with van der Waals surface area (Å²) < 4.78 is 10.5. The molecule has 32 heavy (non-hydrogen) atoms. The number of amides is 3. The summed E-state index contributed by atoms with van der Waals surface area (Å²) in [5.41, 5.74) is 5.73. The van der Waals surface area contributed by atoms with E-state index >= 15 is 0 Å². The van der Waals surface area contributed by atoms with E-state index in [4.69, 9.17) is 32.7 Å². The zero-order chi connectivity index (χ0) is 22.7. The van der Waals surface area contributed by atoms with E-state index in [1.807, 2.05) is 0 Å². The second-order valence-corrected chi connectivity index (χ2v) is 7.48. The Bertz CT molecular complexity index is 1230. The Labute approximate surface area is 192 Å². The van der Waals surface area contributed by atoms with E-state index in [0.29, 0.717) is 27.8 Å². The first kappa shape index (κ1) is 21.5. The van der Waals surface area contributed by atoms with Gasteiger partial charge in [0.1, 0.15) is 0 Å². The first-order valence-corrected chi connectivity index (χ1v) is 10.0. The number of benzene rings is 3. The molecule has 0 saturated heterocycles.